The molecule has 3 aromatic rings. The Morgan fingerprint density at radius 1 is 1.10 bits per heavy atom. The van der Waals surface area contributed by atoms with Crippen molar-refractivity contribution in [1.82, 2.24) is 15.5 Å². The second-order valence-electron chi connectivity index (χ2n) is 7.77. The van der Waals surface area contributed by atoms with E-state index < -0.39 is 35.5 Å². The van der Waals surface area contributed by atoms with Gasteiger partial charge in [0.05, 0.1) is 16.6 Å². The van der Waals surface area contributed by atoms with Crippen LogP contribution in [0.5, 0.6) is 0 Å². The highest BCUT2D eigenvalue weighted by Crippen LogP contribution is 2.36. The standard InChI is InChI=1S/C21H20F3N3O3/c1-20(2,3)25-19(29)30-11-13-9-8-12(10-16(13)21(22,23)24)17-14-6-4-5-7-15(14)18(28)27-26-17/h4-10H,11H2,1-3H3,(H,25,29)(H,27,28). The van der Waals surface area contributed by atoms with E-state index in [-0.39, 0.29) is 16.8 Å². The lowest BCUT2D eigenvalue weighted by molar-refractivity contribution is -0.138. The summed E-state index contributed by atoms with van der Waals surface area (Å²) in [6.45, 7) is 4.64. The molecule has 0 radical (unpaired) electrons. The first-order valence-electron chi connectivity index (χ1n) is 9.08. The number of alkyl halides is 3. The Labute approximate surface area is 170 Å². The molecular weight excluding hydrogens is 399 g/mol. The molecule has 0 aliphatic carbocycles. The van der Waals surface area contributed by atoms with Gasteiger partial charge >= 0.3 is 12.3 Å². The van der Waals surface area contributed by atoms with Crippen molar-refractivity contribution < 1.29 is 22.7 Å². The molecule has 0 spiro atoms. The second kappa shape index (κ2) is 7.81. The van der Waals surface area contributed by atoms with Crippen LogP contribution in [0.4, 0.5) is 18.0 Å². The van der Waals surface area contributed by atoms with Crippen molar-refractivity contribution in [1.29, 1.82) is 0 Å². The summed E-state index contributed by atoms with van der Waals surface area (Å²) in [5.41, 5.74) is -1.75. The smallest absolute Gasteiger partial charge is 0.416 e. The summed E-state index contributed by atoms with van der Waals surface area (Å²) in [6, 6.07) is 10.1. The van der Waals surface area contributed by atoms with Crippen LogP contribution in [0.1, 0.15) is 31.9 Å². The van der Waals surface area contributed by atoms with Crippen LogP contribution in [0.3, 0.4) is 0 Å². The fourth-order valence-corrected chi connectivity index (χ4v) is 2.93. The molecule has 2 N–H and O–H groups in total. The lowest BCUT2D eigenvalue weighted by Gasteiger charge is -2.20. The second-order valence-corrected chi connectivity index (χ2v) is 7.77. The van der Waals surface area contributed by atoms with Crippen molar-refractivity contribution in [2.24, 2.45) is 0 Å². The van der Waals surface area contributed by atoms with Crippen molar-refractivity contribution in [2.75, 3.05) is 0 Å². The number of nitrogens with zero attached hydrogens (tertiary/aromatic N) is 1. The van der Waals surface area contributed by atoms with Gasteiger partial charge in [-0.2, -0.15) is 18.3 Å². The van der Waals surface area contributed by atoms with E-state index in [9.17, 15) is 22.8 Å². The Balaban J connectivity index is 2.00. The lowest BCUT2D eigenvalue weighted by atomic mass is 9.99. The third kappa shape index (κ3) is 4.79. The number of fused-ring (bicyclic) bond motifs is 1. The third-order valence-corrected chi connectivity index (χ3v) is 4.22. The van der Waals surface area contributed by atoms with E-state index in [0.717, 1.165) is 6.07 Å². The van der Waals surface area contributed by atoms with Crippen LogP contribution in [-0.4, -0.2) is 21.8 Å². The lowest BCUT2D eigenvalue weighted by Crippen LogP contribution is -2.40. The number of hydrogen-bond donors (Lipinski definition) is 2. The maximum absolute atomic E-state index is 13.7. The topological polar surface area (TPSA) is 84.1 Å². The van der Waals surface area contributed by atoms with Gasteiger partial charge in [-0.1, -0.05) is 30.3 Å². The molecule has 0 saturated carbocycles. The van der Waals surface area contributed by atoms with E-state index in [1.54, 1.807) is 45.0 Å². The minimum atomic E-state index is -4.67. The number of aromatic nitrogens is 2. The first kappa shape index (κ1) is 21.4. The molecule has 6 nitrogen and oxygen atoms in total. The summed E-state index contributed by atoms with van der Waals surface area (Å²) in [4.78, 5) is 23.7. The first-order valence-corrected chi connectivity index (χ1v) is 9.08. The van der Waals surface area contributed by atoms with Crippen LogP contribution >= 0.6 is 0 Å². The number of aromatic amines is 1. The quantitative estimate of drug-likeness (QED) is 0.648. The summed E-state index contributed by atoms with van der Waals surface area (Å²) < 4.78 is 46.0. The van der Waals surface area contributed by atoms with Crippen LogP contribution in [-0.2, 0) is 17.5 Å². The Kier molecular flexibility index (Phi) is 5.56. The van der Waals surface area contributed by atoms with Crippen molar-refractivity contribution in [3.63, 3.8) is 0 Å². The van der Waals surface area contributed by atoms with Gasteiger partial charge in [-0.05, 0) is 32.9 Å². The average molecular weight is 419 g/mol. The van der Waals surface area contributed by atoms with Gasteiger partial charge in [0.2, 0.25) is 0 Å². The van der Waals surface area contributed by atoms with Gasteiger partial charge in [0, 0.05) is 22.1 Å². The number of H-pyrrole nitrogens is 1. The predicted molar refractivity (Wildman–Crippen MR) is 106 cm³/mol. The van der Waals surface area contributed by atoms with Gasteiger partial charge in [-0.15, -0.1) is 0 Å². The van der Waals surface area contributed by atoms with Crippen molar-refractivity contribution >= 4 is 16.9 Å². The Morgan fingerprint density at radius 2 is 1.77 bits per heavy atom. The van der Waals surface area contributed by atoms with E-state index in [0.29, 0.717) is 10.8 Å². The van der Waals surface area contributed by atoms with E-state index in [2.05, 4.69) is 15.5 Å². The Morgan fingerprint density at radius 3 is 2.40 bits per heavy atom. The third-order valence-electron chi connectivity index (χ3n) is 4.22. The van der Waals surface area contributed by atoms with E-state index in [4.69, 9.17) is 4.74 Å². The molecule has 0 saturated heterocycles. The number of rotatable bonds is 3. The zero-order valence-electron chi connectivity index (χ0n) is 16.6. The van der Waals surface area contributed by atoms with E-state index in [1.165, 1.54) is 12.1 Å². The van der Waals surface area contributed by atoms with Gasteiger partial charge in [-0.25, -0.2) is 9.89 Å². The number of halogens is 3. The van der Waals surface area contributed by atoms with E-state index in [1.807, 2.05) is 0 Å². The van der Waals surface area contributed by atoms with Crippen molar-refractivity contribution in [2.45, 2.75) is 39.1 Å². The monoisotopic (exact) mass is 419 g/mol. The van der Waals surface area contributed by atoms with Crippen molar-refractivity contribution in [3.8, 4) is 11.3 Å². The number of nitrogens with one attached hydrogen (secondary N) is 2. The number of amides is 1. The zero-order chi connectivity index (χ0) is 22.1. The Bertz CT molecular complexity index is 1150. The molecule has 1 heterocycles. The summed E-state index contributed by atoms with van der Waals surface area (Å²) in [7, 11) is 0. The molecule has 30 heavy (non-hydrogen) atoms. The predicted octanol–water partition coefficient (Wildman–Crippen LogP) is 4.63. The highest BCUT2D eigenvalue weighted by Gasteiger charge is 2.34. The van der Waals surface area contributed by atoms with Crippen LogP contribution in [0.15, 0.2) is 47.3 Å². The minimum absolute atomic E-state index is 0.178. The fraction of sp³-hybridized carbons (Fsp3) is 0.286. The highest BCUT2D eigenvalue weighted by molar-refractivity contribution is 5.93. The molecule has 1 aromatic heterocycles. The summed E-state index contributed by atoms with van der Waals surface area (Å²) in [6.07, 6.45) is -5.49. The molecular formula is C21H20F3N3O3. The van der Waals surface area contributed by atoms with Crippen LogP contribution in [0.25, 0.3) is 22.0 Å². The molecule has 3 rings (SSSR count). The number of benzene rings is 2. The van der Waals surface area contributed by atoms with E-state index >= 15 is 0 Å². The first-order chi connectivity index (χ1) is 14.0. The number of hydrogen-bond acceptors (Lipinski definition) is 4. The zero-order valence-corrected chi connectivity index (χ0v) is 16.6. The highest BCUT2D eigenvalue weighted by atomic mass is 19.4. The number of carbonyl (C=O) groups excluding carboxylic acids is 1. The molecule has 0 atom stereocenters. The molecule has 158 valence electrons. The number of carbonyl (C=O) groups is 1. The fourth-order valence-electron chi connectivity index (χ4n) is 2.93. The van der Waals surface area contributed by atoms with Gasteiger partial charge in [0.1, 0.15) is 6.61 Å². The average Bonchev–Trinajstić information content (AvgIpc) is 2.65. The SMILES string of the molecule is CC(C)(C)NC(=O)OCc1ccc(-c2n[nH]c(=O)c3ccccc23)cc1C(F)(F)F. The Hall–Kier alpha value is -3.36. The van der Waals surface area contributed by atoms with Gasteiger partial charge in [0.15, 0.2) is 0 Å². The van der Waals surface area contributed by atoms with Crippen molar-refractivity contribution in [3.05, 3.63) is 63.9 Å². The molecule has 0 fully saturated rings. The van der Waals surface area contributed by atoms with Gasteiger partial charge in [0.25, 0.3) is 5.56 Å². The minimum Gasteiger partial charge on any atom is -0.445 e. The van der Waals surface area contributed by atoms with Gasteiger partial charge < -0.3 is 10.1 Å². The largest absolute Gasteiger partial charge is 0.445 e. The summed E-state index contributed by atoms with van der Waals surface area (Å²) in [5, 5.41) is 9.53. The van der Waals surface area contributed by atoms with Crippen LogP contribution in [0, 0.1) is 0 Å². The number of ether oxygens (including phenoxy) is 1. The molecule has 0 bridgehead atoms. The molecule has 9 heteroatoms. The van der Waals surface area contributed by atoms with Crippen LogP contribution in [0.2, 0.25) is 0 Å². The van der Waals surface area contributed by atoms with Gasteiger partial charge in [-0.3, -0.25) is 4.79 Å². The maximum Gasteiger partial charge on any atom is 0.416 e. The van der Waals surface area contributed by atoms with Crippen LogP contribution < -0.4 is 10.9 Å². The summed E-state index contributed by atoms with van der Waals surface area (Å²) in [5.74, 6) is 0. The molecule has 0 aliphatic rings. The molecule has 1 amide bonds. The molecule has 0 aliphatic heterocycles. The molecule has 2 aromatic carbocycles. The summed E-state index contributed by atoms with van der Waals surface area (Å²) >= 11 is 0. The maximum atomic E-state index is 13.7. The molecule has 0 unspecified atom stereocenters. The normalized spacial score (nSPS) is 12.1. The number of alkyl carbamates (subject to hydrolysis) is 1.